The SMILES string of the molecule is O=C(NCc1ccccn1)c1cc(-c2cccnc2)on1. The lowest BCUT2D eigenvalue weighted by Gasteiger charge is -2.01. The van der Waals surface area contributed by atoms with Crippen molar-refractivity contribution >= 4 is 5.91 Å². The highest BCUT2D eigenvalue weighted by atomic mass is 16.5. The molecule has 0 aliphatic rings. The number of hydrogen-bond acceptors (Lipinski definition) is 5. The van der Waals surface area contributed by atoms with Crippen LogP contribution in [-0.4, -0.2) is 21.0 Å². The molecule has 0 aliphatic carbocycles. The molecule has 0 saturated carbocycles. The first-order valence-corrected chi connectivity index (χ1v) is 6.38. The minimum atomic E-state index is -0.306. The van der Waals surface area contributed by atoms with Gasteiger partial charge in [-0.05, 0) is 24.3 Å². The third kappa shape index (κ3) is 3.11. The van der Waals surface area contributed by atoms with E-state index in [1.54, 1.807) is 30.7 Å². The lowest BCUT2D eigenvalue weighted by atomic mass is 10.2. The van der Waals surface area contributed by atoms with Crippen molar-refractivity contribution in [3.63, 3.8) is 0 Å². The lowest BCUT2D eigenvalue weighted by molar-refractivity contribution is 0.0941. The van der Waals surface area contributed by atoms with Gasteiger partial charge in [-0.15, -0.1) is 0 Å². The maximum Gasteiger partial charge on any atom is 0.273 e. The van der Waals surface area contributed by atoms with Gasteiger partial charge < -0.3 is 9.84 Å². The number of amides is 1. The van der Waals surface area contributed by atoms with Gasteiger partial charge in [0.2, 0.25) is 0 Å². The molecule has 0 spiro atoms. The second kappa shape index (κ2) is 5.96. The van der Waals surface area contributed by atoms with E-state index in [9.17, 15) is 4.79 Å². The molecule has 21 heavy (non-hydrogen) atoms. The van der Waals surface area contributed by atoms with E-state index in [-0.39, 0.29) is 11.6 Å². The van der Waals surface area contributed by atoms with E-state index in [1.165, 1.54) is 0 Å². The van der Waals surface area contributed by atoms with Crippen molar-refractivity contribution in [1.29, 1.82) is 0 Å². The van der Waals surface area contributed by atoms with Crippen molar-refractivity contribution in [2.24, 2.45) is 0 Å². The van der Waals surface area contributed by atoms with E-state index in [2.05, 4.69) is 20.4 Å². The van der Waals surface area contributed by atoms with Crippen LogP contribution in [-0.2, 0) is 6.54 Å². The number of rotatable bonds is 4. The first kappa shape index (κ1) is 13.0. The van der Waals surface area contributed by atoms with Crippen LogP contribution >= 0.6 is 0 Å². The Bertz CT molecular complexity index is 726. The molecule has 0 unspecified atom stereocenters. The molecule has 3 aromatic heterocycles. The molecule has 1 amide bonds. The van der Waals surface area contributed by atoms with Gasteiger partial charge in [-0.2, -0.15) is 0 Å². The summed E-state index contributed by atoms with van der Waals surface area (Å²) in [6.45, 7) is 0.342. The summed E-state index contributed by atoms with van der Waals surface area (Å²) in [7, 11) is 0. The molecule has 0 atom stereocenters. The van der Waals surface area contributed by atoms with Crippen molar-refractivity contribution in [3.8, 4) is 11.3 Å². The van der Waals surface area contributed by atoms with Crippen LogP contribution in [0.15, 0.2) is 59.5 Å². The maximum absolute atomic E-state index is 12.0. The number of carbonyl (C=O) groups excluding carboxylic acids is 1. The van der Waals surface area contributed by atoms with Gasteiger partial charge in [0.1, 0.15) is 0 Å². The Balaban J connectivity index is 1.67. The number of pyridine rings is 2. The highest BCUT2D eigenvalue weighted by Crippen LogP contribution is 2.18. The van der Waals surface area contributed by atoms with Crippen molar-refractivity contribution in [3.05, 3.63) is 66.4 Å². The number of hydrogen-bond donors (Lipinski definition) is 1. The number of nitrogens with one attached hydrogen (secondary N) is 1. The maximum atomic E-state index is 12.0. The van der Waals surface area contributed by atoms with E-state index >= 15 is 0 Å². The van der Waals surface area contributed by atoms with Gasteiger partial charge >= 0.3 is 0 Å². The average Bonchev–Trinajstić information content (AvgIpc) is 3.04. The predicted molar refractivity (Wildman–Crippen MR) is 75.1 cm³/mol. The predicted octanol–water partition coefficient (Wildman–Crippen LogP) is 2.06. The first-order valence-electron chi connectivity index (χ1n) is 6.38. The molecule has 0 radical (unpaired) electrons. The molecule has 0 saturated heterocycles. The van der Waals surface area contributed by atoms with Crippen LogP contribution in [0, 0.1) is 0 Å². The van der Waals surface area contributed by atoms with E-state index in [0.717, 1.165) is 11.3 Å². The van der Waals surface area contributed by atoms with Gasteiger partial charge in [-0.25, -0.2) is 0 Å². The molecule has 6 nitrogen and oxygen atoms in total. The Kier molecular flexibility index (Phi) is 3.68. The summed E-state index contributed by atoms with van der Waals surface area (Å²) in [6, 6.07) is 10.7. The number of aromatic nitrogens is 3. The van der Waals surface area contributed by atoms with Gasteiger partial charge in [0.25, 0.3) is 5.91 Å². The minimum absolute atomic E-state index is 0.227. The molecule has 0 aliphatic heterocycles. The third-order valence-electron chi connectivity index (χ3n) is 2.85. The molecule has 6 heteroatoms. The average molecular weight is 280 g/mol. The molecule has 0 aromatic carbocycles. The van der Waals surface area contributed by atoms with Gasteiger partial charge in [-0.1, -0.05) is 11.2 Å². The van der Waals surface area contributed by atoms with E-state index < -0.39 is 0 Å². The van der Waals surface area contributed by atoms with Crippen molar-refractivity contribution in [1.82, 2.24) is 20.4 Å². The Hall–Kier alpha value is -3.02. The fourth-order valence-electron chi connectivity index (χ4n) is 1.79. The molecule has 3 rings (SSSR count). The second-order valence-electron chi connectivity index (χ2n) is 4.32. The largest absolute Gasteiger partial charge is 0.355 e. The smallest absolute Gasteiger partial charge is 0.273 e. The quantitative estimate of drug-likeness (QED) is 0.791. The van der Waals surface area contributed by atoms with Crippen LogP contribution < -0.4 is 5.32 Å². The summed E-state index contributed by atoms with van der Waals surface area (Å²) in [6.07, 6.45) is 4.99. The number of nitrogens with zero attached hydrogens (tertiary/aromatic N) is 3. The van der Waals surface area contributed by atoms with Crippen LogP contribution in [0.25, 0.3) is 11.3 Å². The lowest BCUT2D eigenvalue weighted by Crippen LogP contribution is -2.23. The molecule has 0 bridgehead atoms. The second-order valence-corrected chi connectivity index (χ2v) is 4.32. The normalized spacial score (nSPS) is 10.3. The number of carbonyl (C=O) groups is 1. The molecule has 0 fully saturated rings. The van der Waals surface area contributed by atoms with Gasteiger partial charge in [0.15, 0.2) is 11.5 Å². The topological polar surface area (TPSA) is 80.9 Å². The zero-order chi connectivity index (χ0) is 14.5. The van der Waals surface area contributed by atoms with Gasteiger partial charge in [0, 0.05) is 30.2 Å². The third-order valence-corrected chi connectivity index (χ3v) is 2.85. The fraction of sp³-hybridized carbons (Fsp3) is 0.0667. The standard InChI is InChI=1S/C15H12N4O2/c20-15(18-10-12-5-1-2-7-17-12)13-8-14(21-19-13)11-4-3-6-16-9-11/h1-9H,10H2,(H,18,20). The Morgan fingerprint density at radius 3 is 2.90 bits per heavy atom. The summed E-state index contributed by atoms with van der Waals surface area (Å²) in [5.41, 5.74) is 1.78. The summed E-state index contributed by atoms with van der Waals surface area (Å²) in [5, 5.41) is 6.51. The van der Waals surface area contributed by atoms with Crippen LogP contribution in [0.2, 0.25) is 0 Å². The highest BCUT2D eigenvalue weighted by molar-refractivity contribution is 5.92. The molecular formula is C15H12N4O2. The summed E-state index contributed by atoms with van der Waals surface area (Å²) >= 11 is 0. The van der Waals surface area contributed by atoms with E-state index in [1.807, 2.05) is 24.3 Å². The van der Waals surface area contributed by atoms with Crippen LogP contribution in [0.4, 0.5) is 0 Å². The monoisotopic (exact) mass is 280 g/mol. The molecular weight excluding hydrogens is 268 g/mol. The molecule has 1 N–H and O–H groups in total. The van der Waals surface area contributed by atoms with Crippen molar-refractivity contribution in [2.45, 2.75) is 6.54 Å². The summed E-state index contributed by atoms with van der Waals surface area (Å²) < 4.78 is 5.16. The summed E-state index contributed by atoms with van der Waals surface area (Å²) in [5.74, 6) is 0.200. The van der Waals surface area contributed by atoms with Gasteiger partial charge in [-0.3, -0.25) is 14.8 Å². The molecule has 104 valence electrons. The van der Waals surface area contributed by atoms with E-state index in [4.69, 9.17) is 4.52 Å². The van der Waals surface area contributed by atoms with Crippen LogP contribution in [0.1, 0.15) is 16.2 Å². The Morgan fingerprint density at radius 2 is 2.14 bits per heavy atom. The van der Waals surface area contributed by atoms with Crippen LogP contribution in [0.3, 0.4) is 0 Å². The van der Waals surface area contributed by atoms with Crippen LogP contribution in [0.5, 0.6) is 0 Å². The zero-order valence-electron chi connectivity index (χ0n) is 11.1. The van der Waals surface area contributed by atoms with E-state index in [0.29, 0.717) is 12.3 Å². The highest BCUT2D eigenvalue weighted by Gasteiger charge is 2.13. The fourth-order valence-corrected chi connectivity index (χ4v) is 1.79. The minimum Gasteiger partial charge on any atom is -0.355 e. The zero-order valence-corrected chi connectivity index (χ0v) is 11.1. The van der Waals surface area contributed by atoms with Gasteiger partial charge in [0.05, 0.1) is 12.2 Å². The van der Waals surface area contributed by atoms with Crippen molar-refractivity contribution in [2.75, 3.05) is 0 Å². The Labute approximate surface area is 120 Å². The summed E-state index contributed by atoms with van der Waals surface area (Å²) in [4.78, 5) is 20.1. The van der Waals surface area contributed by atoms with Crippen molar-refractivity contribution < 1.29 is 9.32 Å². The Morgan fingerprint density at radius 1 is 1.19 bits per heavy atom. The molecule has 3 heterocycles. The first-order chi connectivity index (χ1) is 10.3. The molecule has 3 aromatic rings.